The molecule has 0 aromatic heterocycles. The highest BCUT2D eigenvalue weighted by Gasteiger charge is 2.26. The fourth-order valence-electron chi connectivity index (χ4n) is 2.16. The van der Waals surface area contributed by atoms with E-state index in [1.807, 2.05) is 0 Å². The third-order valence-corrected chi connectivity index (χ3v) is 2.96. The Labute approximate surface area is 88.4 Å². The molecule has 1 rings (SSSR count). The topological polar surface area (TPSA) is 21.3 Å². The van der Waals surface area contributed by atoms with Gasteiger partial charge in [0.25, 0.3) is 0 Å². The predicted octanol–water partition coefficient (Wildman–Crippen LogP) is 2.58. The minimum absolute atomic E-state index is 0.454. The predicted molar refractivity (Wildman–Crippen MR) is 60.5 cm³/mol. The van der Waals surface area contributed by atoms with Gasteiger partial charge in [0.1, 0.15) is 0 Å². The first-order chi connectivity index (χ1) is 6.75. The molecular weight excluding hydrogens is 174 g/mol. The molecule has 0 bridgehead atoms. The zero-order valence-electron chi connectivity index (χ0n) is 9.88. The highest BCUT2D eigenvalue weighted by atomic mass is 16.5. The summed E-state index contributed by atoms with van der Waals surface area (Å²) in [6, 6.07) is 0.551. The molecule has 14 heavy (non-hydrogen) atoms. The molecule has 84 valence electrons. The molecule has 1 saturated heterocycles. The van der Waals surface area contributed by atoms with Crippen molar-refractivity contribution in [3.8, 4) is 0 Å². The van der Waals surface area contributed by atoms with Gasteiger partial charge in [-0.1, -0.05) is 20.8 Å². The van der Waals surface area contributed by atoms with Crippen molar-refractivity contribution in [2.45, 2.75) is 58.6 Å². The number of hydrogen-bond acceptors (Lipinski definition) is 2. The summed E-state index contributed by atoms with van der Waals surface area (Å²) in [7, 11) is 0. The first-order valence-corrected chi connectivity index (χ1v) is 6.10. The Morgan fingerprint density at radius 3 is 2.64 bits per heavy atom. The van der Waals surface area contributed by atoms with Crippen LogP contribution in [0.5, 0.6) is 0 Å². The van der Waals surface area contributed by atoms with Crippen molar-refractivity contribution in [1.29, 1.82) is 0 Å². The van der Waals surface area contributed by atoms with Gasteiger partial charge in [-0.3, -0.25) is 0 Å². The average molecular weight is 199 g/mol. The second-order valence-corrected chi connectivity index (χ2v) is 4.63. The minimum atomic E-state index is 0.454. The zero-order valence-corrected chi connectivity index (χ0v) is 9.88. The Balaban J connectivity index is 2.39. The second-order valence-electron chi connectivity index (χ2n) is 4.63. The number of ether oxygens (including phenoxy) is 1. The lowest BCUT2D eigenvalue weighted by Crippen LogP contribution is -2.46. The van der Waals surface area contributed by atoms with Crippen LogP contribution in [0.4, 0.5) is 0 Å². The summed E-state index contributed by atoms with van der Waals surface area (Å²) in [6.45, 7) is 8.85. The van der Waals surface area contributed by atoms with E-state index in [0.717, 1.165) is 13.2 Å². The molecule has 0 saturated carbocycles. The van der Waals surface area contributed by atoms with Crippen LogP contribution in [-0.2, 0) is 4.74 Å². The van der Waals surface area contributed by atoms with E-state index in [-0.39, 0.29) is 0 Å². The molecule has 1 N–H and O–H groups in total. The smallest absolute Gasteiger partial charge is 0.0730 e. The van der Waals surface area contributed by atoms with Gasteiger partial charge < -0.3 is 10.1 Å². The van der Waals surface area contributed by atoms with Gasteiger partial charge in [-0.2, -0.15) is 0 Å². The molecule has 2 heteroatoms. The Bertz CT molecular complexity index is 141. The van der Waals surface area contributed by atoms with Gasteiger partial charge in [0.2, 0.25) is 0 Å². The normalized spacial score (nSPS) is 25.3. The molecule has 0 aromatic rings. The molecule has 0 amide bonds. The first kappa shape index (κ1) is 12.0. The van der Waals surface area contributed by atoms with E-state index >= 15 is 0 Å². The van der Waals surface area contributed by atoms with Gasteiger partial charge in [-0.15, -0.1) is 0 Å². The number of rotatable bonds is 5. The van der Waals surface area contributed by atoms with Gasteiger partial charge in [0.15, 0.2) is 0 Å². The SMILES string of the molecule is CCCNC(C(C)C)C1CCCCO1. The van der Waals surface area contributed by atoms with E-state index in [9.17, 15) is 0 Å². The summed E-state index contributed by atoms with van der Waals surface area (Å²) in [5.74, 6) is 0.671. The number of nitrogens with one attached hydrogen (secondary N) is 1. The van der Waals surface area contributed by atoms with Crippen molar-refractivity contribution in [1.82, 2.24) is 5.32 Å². The summed E-state index contributed by atoms with van der Waals surface area (Å²) < 4.78 is 5.84. The lowest BCUT2D eigenvalue weighted by molar-refractivity contribution is -0.0175. The van der Waals surface area contributed by atoms with Crippen LogP contribution in [0.1, 0.15) is 46.5 Å². The van der Waals surface area contributed by atoms with E-state index in [4.69, 9.17) is 4.74 Å². The van der Waals surface area contributed by atoms with Crippen molar-refractivity contribution in [2.75, 3.05) is 13.2 Å². The molecule has 0 radical (unpaired) electrons. The Hall–Kier alpha value is -0.0800. The molecule has 1 aliphatic rings. The van der Waals surface area contributed by atoms with E-state index in [2.05, 4.69) is 26.1 Å². The van der Waals surface area contributed by atoms with Crippen LogP contribution >= 0.6 is 0 Å². The maximum Gasteiger partial charge on any atom is 0.0730 e. The molecule has 1 aliphatic heterocycles. The molecule has 0 aliphatic carbocycles. The van der Waals surface area contributed by atoms with Crippen LogP contribution < -0.4 is 5.32 Å². The maximum absolute atomic E-state index is 5.84. The zero-order chi connectivity index (χ0) is 10.4. The van der Waals surface area contributed by atoms with Crippen molar-refractivity contribution in [2.24, 2.45) is 5.92 Å². The highest BCUT2D eigenvalue weighted by molar-refractivity contribution is 4.81. The van der Waals surface area contributed by atoms with Crippen molar-refractivity contribution in [3.63, 3.8) is 0 Å². The summed E-state index contributed by atoms with van der Waals surface area (Å²) in [4.78, 5) is 0. The highest BCUT2D eigenvalue weighted by Crippen LogP contribution is 2.20. The van der Waals surface area contributed by atoms with E-state index in [0.29, 0.717) is 18.1 Å². The molecule has 0 spiro atoms. The van der Waals surface area contributed by atoms with Crippen LogP contribution in [0.15, 0.2) is 0 Å². The van der Waals surface area contributed by atoms with E-state index in [1.54, 1.807) is 0 Å². The van der Waals surface area contributed by atoms with Gasteiger partial charge in [-0.25, -0.2) is 0 Å². The second kappa shape index (κ2) is 6.41. The molecule has 0 aromatic carbocycles. The van der Waals surface area contributed by atoms with Crippen LogP contribution in [-0.4, -0.2) is 25.3 Å². The third kappa shape index (κ3) is 3.58. The Morgan fingerprint density at radius 1 is 1.36 bits per heavy atom. The van der Waals surface area contributed by atoms with Gasteiger partial charge in [0, 0.05) is 12.6 Å². The van der Waals surface area contributed by atoms with Gasteiger partial charge in [-0.05, 0) is 38.1 Å². The third-order valence-electron chi connectivity index (χ3n) is 2.96. The lowest BCUT2D eigenvalue weighted by atomic mass is 9.93. The standard InChI is InChI=1S/C12H25NO/c1-4-8-13-12(10(2)3)11-7-5-6-9-14-11/h10-13H,4-9H2,1-3H3. The van der Waals surface area contributed by atoms with Crippen LogP contribution in [0.25, 0.3) is 0 Å². The summed E-state index contributed by atoms with van der Waals surface area (Å²) in [6.07, 6.45) is 5.47. The lowest BCUT2D eigenvalue weighted by Gasteiger charge is -2.33. The number of hydrogen-bond donors (Lipinski definition) is 1. The molecular formula is C12H25NO. The quantitative estimate of drug-likeness (QED) is 0.735. The minimum Gasteiger partial charge on any atom is -0.377 e. The van der Waals surface area contributed by atoms with Gasteiger partial charge >= 0.3 is 0 Å². The average Bonchev–Trinajstić information content (AvgIpc) is 2.19. The largest absolute Gasteiger partial charge is 0.377 e. The van der Waals surface area contributed by atoms with Crippen molar-refractivity contribution >= 4 is 0 Å². The molecule has 2 atom stereocenters. The van der Waals surface area contributed by atoms with Crippen LogP contribution in [0, 0.1) is 5.92 Å². The summed E-state index contributed by atoms with van der Waals surface area (Å²) >= 11 is 0. The first-order valence-electron chi connectivity index (χ1n) is 6.10. The monoisotopic (exact) mass is 199 g/mol. The molecule has 2 nitrogen and oxygen atoms in total. The summed E-state index contributed by atoms with van der Waals surface area (Å²) in [5.41, 5.74) is 0. The molecule has 2 unspecified atom stereocenters. The maximum atomic E-state index is 5.84. The van der Waals surface area contributed by atoms with Gasteiger partial charge in [0.05, 0.1) is 6.10 Å². The summed E-state index contributed by atoms with van der Waals surface area (Å²) in [5, 5.41) is 3.61. The van der Waals surface area contributed by atoms with E-state index < -0.39 is 0 Å². The van der Waals surface area contributed by atoms with Crippen LogP contribution in [0.3, 0.4) is 0 Å². The molecule has 1 fully saturated rings. The van der Waals surface area contributed by atoms with Crippen LogP contribution in [0.2, 0.25) is 0 Å². The van der Waals surface area contributed by atoms with Crippen molar-refractivity contribution in [3.05, 3.63) is 0 Å². The Kier molecular flexibility index (Phi) is 5.49. The molecule has 1 heterocycles. The Morgan fingerprint density at radius 2 is 2.14 bits per heavy atom. The van der Waals surface area contributed by atoms with E-state index in [1.165, 1.54) is 25.7 Å². The fourth-order valence-corrected chi connectivity index (χ4v) is 2.16. The fraction of sp³-hybridized carbons (Fsp3) is 1.00. The van der Waals surface area contributed by atoms with Crippen molar-refractivity contribution < 1.29 is 4.74 Å².